The fourth-order valence-corrected chi connectivity index (χ4v) is 2.82. The molecule has 0 aliphatic heterocycles. The van der Waals surface area contributed by atoms with Crippen LogP contribution in [0.4, 0.5) is 5.69 Å². The highest BCUT2D eigenvalue weighted by atomic mass is 79.9. The highest BCUT2D eigenvalue weighted by Gasteiger charge is 2.18. The molecule has 0 saturated heterocycles. The second-order valence-electron chi connectivity index (χ2n) is 5.55. The summed E-state index contributed by atoms with van der Waals surface area (Å²) in [7, 11) is 0. The predicted molar refractivity (Wildman–Crippen MR) is 97.5 cm³/mol. The summed E-state index contributed by atoms with van der Waals surface area (Å²) in [5, 5.41) is 11.1. The van der Waals surface area contributed by atoms with Crippen molar-refractivity contribution in [2.24, 2.45) is 0 Å². The van der Waals surface area contributed by atoms with Gasteiger partial charge in [0, 0.05) is 5.56 Å². The second-order valence-corrected chi connectivity index (χ2v) is 6.34. The molecule has 0 unspecified atom stereocenters. The molecule has 0 spiro atoms. The van der Waals surface area contributed by atoms with Gasteiger partial charge in [-0.3, -0.25) is 4.79 Å². The summed E-state index contributed by atoms with van der Waals surface area (Å²) >= 11 is 3.30. The van der Waals surface area contributed by atoms with E-state index in [9.17, 15) is 4.79 Å². The van der Waals surface area contributed by atoms with E-state index in [4.69, 9.17) is 4.52 Å². The number of hydrogen-bond donors (Lipinski definition) is 1. The smallest absolute Gasteiger partial charge is 0.295 e. The number of anilines is 1. The lowest BCUT2D eigenvalue weighted by Crippen LogP contribution is -2.12. The number of benzene rings is 1. The first-order valence-electron chi connectivity index (χ1n) is 7.60. The van der Waals surface area contributed by atoms with Gasteiger partial charge in [-0.05, 0) is 41.1 Å². The van der Waals surface area contributed by atoms with Crippen LogP contribution in [0.3, 0.4) is 0 Å². The molecule has 4 rings (SSSR count). The van der Waals surface area contributed by atoms with E-state index in [-0.39, 0.29) is 11.7 Å². The van der Waals surface area contributed by atoms with Crippen molar-refractivity contribution in [3.05, 3.63) is 70.7 Å². The lowest BCUT2D eigenvalue weighted by Gasteiger charge is -2.03. The number of hydrogen-bond acceptors (Lipinski definition) is 4. The molecule has 4 aromatic rings. The molecule has 1 N–H and O–H groups in total. The molecule has 3 aromatic heterocycles. The predicted octanol–water partition coefficient (Wildman–Crippen LogP) is 4.31. The Balaban J connectivity index is 1.63. The summed E-state index contributed by atoms with van der Waals surface area (Å²) in [6.07, 6.45) is 1.76. The average molecular weight is 397 g/mol. The Morgan fingerprint density at radius 2 is 2.00 bits per heavy atom. The zero-order valence-corrected chi connectivity index (χ0v) is 14.8. The Hall–Kier alpha value is -2.93. The minimum Gasteiger partial charge on any atom is -0.349 e. The largest absolute Gasteiger partial charge is 0.349 e. The Morgan fingerprint density at radius 1 is 1.20 bits per heavy atom. The lowest BCUT2D eigenvalue weighted by molar-refractivity contribution is 0.0987. The molecule has 3 heterocycles. The van der Waals surface area contributed by atoms with Gasteiger partial charge in [0.05, 0.1) is 33.3 Å². The van der Waals surface area contributed by atoms with Crippen molar-refractivity contribution in [3.63, 3.8) is 0 Å². The van der Waals surface area contributed by atoms with E-state index < -0.39 is 0 Å². The molecule has 1 amide bonds. The topological polar surface area (TPSA) is 72.4 Å². The van der Waals surface area contributed by atoms with Gasteiger partial charge >= 0.3 is 0 Å². The third-order valence-electron chi connectivity index (χ3n) is 3.78. The molecule has 0 aliphatic rings. The quantitative estimate of drug-likeness (QED) is 0.559. The van der Waals surface area contributed by atoms with Gasteiger partial charge in [-0.15, -0.1) is 0 Å². The summed E-state index contributed by atoms with van der Waals surface area (Å²) in [5.41, 5.74) is 4.09. The molecular formula is C18H13BrN4O2. The van der Waals surface area contributed by atoms with E-state index in [1.165, 1.54) is 0 Å². The molecule has 0 saturated carbocycles. The molecular weight excluding hydrogens is 384 g/mol. The van der Waals surface area contributed by atoms with Crippen LogP contribution in [0, 0.1) is 6.92 Å². The van der Waals surface area contributed by atoms with Crippen molar-refractivity contribution in [1.29, 1.82) is 0 Å². The van der Waals surface area contributed by atoms with Gasteiger partial charge in [-0.2, -0.15) is 5.10 Å². The molecule has 0 radical (unpaired) electrons. The van der Waals surface area contributed by atoms with Crippen LogP contribution < -0.4 is 5.32 Å². The van der Waals surface area contributed by atoms with Crippen LogP contribution in [0.5, 0.6) is 0 Å². The summed E-state index contributed by atoms with van der Waals surface area (Å²) in [6.45, 7) is 1.76. The van der Waals surface area contributed by atoms with Crippen molar-refractivity contribution in [1.82, 2.24) is 14.8 Å². The van der Waals surface area contributed by atoms with E-state index in [2.05, 4.69) is 31.5 Å². The zero-order valence-electron chi connectivity index (χ0n) is 13.2. The fourth-order valence-electron chi connectivity index (χ4n) is 2.50. The molecule has 124 valence electrons. The normalized spacial score (nSPS) is 11.0. The van der Waals surface area contributed by atoms with Gasteiger partial charge in [-0.25, -0.2) is 4.52 Å². The van der Waals surface area contributed by atoms with E-state index >= 15 is 0 Å². The molecule has 25 heavy (non-hydrogen) atoms. The third kappa shape index (κ3) is 2.94. The minimum atomic E-state index is -0.373. The van der Waals surface area contributed by atoms with Crippen LogP contribution >= 0.6 is 15.9 Å². The molecule has 7 heteroatoms. The van der Waals surface area contributed by atoms with Crippen molar-refractivity contribution in [2.45, 2.75) is 6.92 Å². The number of carbonyl (C=O) groups is 1. The van der Waals surface area contributed by atoms with Crippen LogP contribution in [-0.4, -0.2) is 20.7 Å². The molecule has 0 aliphatic carbocycles. The fraction of sp³-hybridized carbons (Fsp3) is 0.0556. The van der Waals surface area contributed by atoms with Gasteiger partial charge in [0.2, 0.25) is 5.76 Å². The van der Waals surface area contributed by atoms with Crippen LogP contribution in [0.25, 0.3) is 16.8 Å². The van der Waals surface area contributed by atoms with Gasteiger partial charge in [0.25, 0.3) is 5.91 Å². The van der Waals surface area contributed by atoms with Crippen LogP contribution in [-0.2, 0) is 0 Å². The van der Waals surface area contributed by atoms with Crippen LogP contribution in [0.15, 0.2) is 63.7 Å². The number of halogens is 1. The molecule has 0 bridgehead atoms. The number of carbonyl (C=O) groups excluding carboxylic acids is 1. The van der Waals surface area contributed by atoms with Crippen molar-refractivity contribution in [3.8, 4) is 11.3 Å². The number of aryl methyl sites for hydroxylation is 1. The Labute approximate surface area is 151 Å². The van der Waals surface area contributed by atoms with Gasteiger partial charge in [0.1, 0.15) is 0 Å². The minimum absolute atomic E-state index is 0.142. The van der Waals surface area contributed by atoms with Gasteiger partial charge < -0.3 is 9.84 Å². The lowest BCUT2D eigenvalue weighted by atomic mass is 10.1. The van der Waals surface area contributed by atoms with Crippen LogP contribution in [0.2, 0.25) is 0 Å². The number of rotatable bonds is 3. The average Bonchev–Trinajstić information content (AvgIpc) is 3.19. The number of pyridine rings is 1. The summed E-state index contributed by atoms with van der Waals surface area (Å²) in [4.78, 5) is 12.3. The molecule has 0 atom stereocenters. The number of amides is 1. The Morgan fingerprint density at radius 3 is 2.72 bits per heavy atom. The first-order chi connectivity index (χ1) is 12.1. The number of nitrogens with zero attached hydrogens (tertiary/aromatic N) is 3. The maximum Gasteiger partial charge on any atom is 0.295 e. The monoisotopic (exact) mass is 396 g/mol. The zero-order chi connectivity index (χ0) is 17.4. The van der Waals surface area contributed by atoms with Crippen molar-refractivity contribution in [2.75, 3.05) is 5.32 Å². The summed E-state index contributed by atoms with van der Waals surface area (Å²) < 4.78 is 7.33. The molecule has 1 aromatic carbocycles. The molecule has 0 fully saturated rings. The number of fused-ring (bicyclic) bond motifs is 1. The van der Waals surface area contributed by atoms with Crippen LogP contribution in [0.1, 0.15) is 16.2 Å². The maximum absolute atomic E-state index is 12.3. The van der Waals surface area contributed by atoms with Gasteiger partial charge in [-0.1, -0.05) is 35.5 Å². The third-order valence-corrected chi connectivity index (χ3v) is 4.72. The Kier molecular flexibility index (Phi) is 3.85. The number of nitrogens with one attached hydrogen (secondary N) is 1. The van der Waals surface area contributed by atoms with Gasteiger partial charge in [0.15, 0.2) is 0 Å². The van der Waals surface area contributed by atoms with E-state index in [0.717, 1.165) is 16.8 Å². The van der Waals surface area contributed by atoms with E-state index in [1.54, 1.807) is 17.6 Å². The second kappa shape index (κ2) is 6.18. The molecule has 6 nitrogen and oxygen atoms in total. The summed E-state index contributed by atoms with van der Waals surface area (Å²) in [5.74, 6) is -0.231. The standard InChI is InChI=1S/C18H13BrN4O2/c1-11-16(19)17(25-22-11)18(24)20-13-7-8-14-9-15(21-23(14)10-13)12-5-3-2-4-6-12/h2-10H,1H3,(H,20,24). The highest BCUT2D eigenvalue weighted by Crippen LogP contribution is 2.23. The SMILES string of the molecule is Cc1noc(C(=O)Nc2ccc3cc(-c4ccccc4)nn3c2)c1Br. The van der Waals surface area contributed by atoms with E-state index in [0.29, 0.717) is 15.9 Å². The van der Waals surface area contributed by atoms with Crippen molar-refractivity contribution < 1.29 is 9.32 Å². The number of aromatic nitrogens is 3. The summed E-state index contributed by atoms with van der Waals surface area (Å²) in [6, 6.07) is 15.6. The first kappa shape index (κ1) is 15.6. The van der Waals surface area contributed by atoms with E-state index in [1.807, 2.05) is 48.5 Å². The first-order valence-corrected chi connectivity index (χ1v) is 8.39. The Bertz CT molecular complexity index is 1070. The van der Waals surface area contributed by atoms with Crippen molar-refractivity contribution >= 4 is 33.0 Å². The highest BCUT2D eigenvalue weighted by molar-refractivity contribution is 9.10. The maximum atomic E-state index is 12.3.